The minimum absolute atomic E-state index is 0.0593. The Kier molecular flexibility index (Phi) is 6.51. The molecule has 0 spiro atoms. The van der Waals surface area contributed by atoms with Gasteiger partial charge in [0.2, 0.25) is 5.95 Å². The molecule has 0 aliphatic carbocycles. The highest BCUT2D eigenvalue weighted by Crippen LogP contribution is 2.40. The second-order valence-corrected chi connectivity index (χ2v) is 7.84. The summed E-state index contributed by atoms with van der Waals surface area (Å²) in [6.45, 7) is 0. The summed E-state index contributed by atoms with van der Waals surface area (Å²) in [4.78, 5) is 37.4. The van der Waals surface area contributed by atoms with Gasteiger partial charge < -0.3 is 15.0 Å². The first-order chi connectivity index (χ1) is 16.3. The van der Waals surface area contributed by atoms with Crippen LogP contribution >= 0.6 is 11.6 Å². The van der Waals surface area contributed by atoms with Gasteiger partial charge in [-0.1, -0.05) is 11.6 Å². The number of benzene rings is 2. The van der Waals surface area contributed by atoms with E-state index in [2.05, 4.69) is 20.3 Å². The number of non-ortho nitro benzene ring substituents is 1. The Morgan fingerprint density at radius 2 is 1.76 bits per heavy atom. The van der Waals surface area contributed by atoms with Crippen molar-refractivity contribution < 1.29 is 14.5 Å². The predicted octanol–water partition coefficient (Wildman–Crippen LogP) is 4.85. The van der Waals surface area contributed by atoms with Gasteiger partial charge in [0.05, 0.1) is 16.0 Å². The van der Waals surface area contributed by atoms with Gasteiger partial charge in [0.15, 0.2) is 5.75 Å². The lowest BCUT2D eigenvalue weighted by atomic mass is 9.96. The fourth-order valence-corrected chi connectivity index (χ4v) is 3.60. The summed E-state index contributed by atoms with van der Waals surface area (Å²) >= 11 is 6.60. The molecule has 4 rings (SSSR count). The van der Waals surface area contributed by atoms with E-state index >= 15 is 0 Å². The standard InChI is InChI=1S/C23H19ClN6O4/c1-29(2)23(31)34-21-17(13-18(24)16-5-3-10-25-20(16)21)19(28-22-26-11-4-12-27-22)14-6-8-15(9-7-14)30(32)33/h3-13,19H,1-2H3,(H,26,27,28). The van der Waals surface area contributed by atoms with Crippen molar-refractivity contribution in [3.8, 4) is 5.75 Å². The maximum atomic E-state index is 12.6. The third-order valence-corrected chi connectivity index (χ3v) is 5.28. The summed E-state index contributed by atoms with van der Waals surface area (Å²) < 4.78 is 5.75. The third kappa shape index (κ3) is 4.71. The fraction of sp³-hybridized carbons (Fsp3) is 0.130. The van der Waals surface area contributed by atoms with Crippen LogP contribution in [-0.2, 0) is 0 Å². The monoisotopic (exact) mass is 478 g/mol. The number of pyridine rings is 1. The fourth-order valence-electron chi connectivity index (χ4n) is 3.33. The van der Waals surface area contributed by atoms with Gasteiger partial charge in [-0.25, -0.2) is 14.8 Å². The Hall–Kier alpha value is -4.31. The van der Waals surface area contributed by atoms with Crippen molar-refractivity contribution in [3.05, 3.63) is 93.4 Å². The number of aromatic nitrogens is 3. The minimum atomic E-state index is -0.683. The molecule has 0 bridgehead atoms. The first-order valence-electron chi connectivity index (χ1n) is 10.1. The highest BCUT2D eigenvalue weighted by atomic mass is 35.5. The van der Waals surface area contributed by atoms with Crippen molar-refractivity contribution in [2.24, 2.45) is 0 Å². The van der Waals surface area contributed by atoms with Crippen molar-refractivity contribution in [1.29, 1.82) is 0 Å². The highest BCUT2D eigenvalue weighted by molar-refractivity contribution is 6.35. The molecule has 1 amide bonds. The van der Waals surface area contributed by atoms with Crippen LogP contribution in [0.2, 0.25) is 5.02 Å². The van der Waals surface area contributed by atoms with E-state index in [-0.39, 0.29) is 11.4 Å². The summed E-state index contributed by atoms with van der Waals surface area (Å²) in [7, 11) is 3.13. The zero-order chi connectivity index (χ0) is 24.2. The number of nitro groups is 1. The second kappa shape index (κ2) is 9.67. The number of fused-ring (bicyclic) bond motifs is 1. The second-order valence-electron chi connectivity index (χ2n) is 7.44. The van der Waals surface area contributed by atoms with E-state index in [1.165, 1.54) is 17.0 Å². The van der Waals surface area contributed by atoms with Gasteiger partial charge in [0.25, 0.3) is 5.69 Å². The van der Waals surface area contributed by atoms with Crippen molar-refractivity contribution in [3.63, 3.8) is 0 Å². The summed E-state index contributed by atoms with van der Waals surface area (Å²) in [5, 5.41) is 15.4. The van der Waals surface area contributed by atoms with Gasteiger partial charge in [0.1, 0.15) is 5.52 Å². The van der Waals surface area contributed by atoms with E-state index in [4.69, 9.17) is 16.3 Å². The van der Waals surface area contributed by atoms with E-state index in [1.54, 1.807) is 69.1 Å². The normalized spacial score (nSPS) is 11.6. The molecular formula is C23H19ClN6O4. The summed E-state index contributed by atoms with van der Waals surface area (Å²) in [5.41, 5.74) is 1.44. The number of halogens is 1. The molecule has 10 nitrogen and oxygen atoms in total. The van der Waals surface area contributed by atoms with Gasteiger partial charge in [-0.05, 0) is 42.0 Å². The molecule has 0 saturated heterocycles. The average molecular weight is 479 g/mol. The number of carbonyl (C=O) groups excluding carboxylic acids is 1. The van der Waals surface area contributed by atoms with Gasteiger partial charge in [0, 0.05) is 55.8 Å². The van der Waals surface area contributed by atoms with Crippen LogP contribution in [0.1, 0.15) is 17.2 Å². The van der Waals surface area contributed by atoms with E-state index in [0.29, 0.717) is 33.0 Å². The lowest BCUT2D eigenvalue weighted by Crippen LogP contribution is -2.26. The molecule has 1 N–H and O–H groups in total. The van der Waals surface area contributed by atoms with Crippen LogP contribution in [0.25, 0.3) is 10.9 Å². The van der Waals surface area contributed by atoms with Crippen LogP contribution in [0.15, 0.2) is 67.1 Å². The number of anilines is 1. The molecule has 0 fully saturated rings. The molecule has 2 aromatic carbocycles. The Morgan fingerprint density at radius 1 is 1.09 bits per heavy atom. The zero-order valence-electron chi connectivity index (χ0n) is 18.2. The molecule has 1 atom stereocenters. The Morgan fingerprint density at radius 3 is 2.41 bits per heavy atom. The molecule has 0 saturated carbocycles. The molecule has 2 aromatic heterocycles. The number of nitrogens with zero attached hydrogens (tertiary/aromatic N) is 5. The lowest BCUT2D eigenvalue weighted by Gasteiger charge is -2.24. The van der Waals surface area contributed by atoms with Crippen molar-refractivity contribution in [1.82, 2.24) is 19.9 Å². The summed E-state index contributed by atoms with van der Waals surface area (Å²) in [6.07, 6.45) is 4.12. The topological polar surface area (TPSA) is 123 Å². The molecule has 0 radical (unpaired) electrons. The number of carbonyl (C=O) groups is 1. The molecule has 0 aliphatic heterocycles. The summed E-state index contributed by atoms with van der Waals surface area (Å²) in [5.74, 6) is 0.499. The van der Waals surface area contributed by atoms with E-state index < -0.39 is 17.1 Å². The van der Waals surface area contributed by atoms with Gasteiger partial charge in [-0.2, -0.15) is 0 Å². The number of hydrogen-bond donors (Lipinski definition) is 1. The molecule has 0 aliphatic rings. The maximum Gasteiger partial charge on any atom is 0.414 e. The minimum Gasteiger partial charge on any atom is -0.407 e. The predicted molar refractivity (Wildman–Crippen MR) is 127 cm³/mol. The Labute approximate surface area is 199 Å². The molecule has 2 heterocycles. The first-order valence-corrected chi connectivity index (χ1v) is 10.5. The molecule has 172 valence electrons. The Bertz CT molecular complexity index is 1350. The highest BCUT2D eigenvalue weighted by Gasteiger charge is 2.26. The summed E-state index contributed by atoms with van der Waals surface area (Å²) in [6, 6.07) is 12.2. The Balaban J connectivity index is 1.93. The number of hydrogen-bond acceptors (Lipinski definition) is 8. The molecule has 4 aromatic rings. The number of ether oxygens (including phenoxy) is 1. The largest absolute Gasteiger partial charge is 0.414 e. The number of rotatable bonds is 6. The number of amides is 1. The van der Waals surface area contributed by atoms with Crippen molar-refractivity contribution >= 4 is 40.2 Å². The SMILES string of the molecule is CN(C)C(=O)Oc1c(C(Nc2ncccn2)c2ccc([N+](=O)[O-])cc2)cc(Cl)c2cccnc12. The van der Waals surface area contributed by atoms with Crippen molar-refractivity contribution in [2.45, 2.75) is 6.04 Å². The molecular weight excluding hydrogens is 460 g/mol. The molecule has 1 unspecified atom stereocenters. The van der Waals surface area contributed by atoms with Gasteiger partial charge >= 0.3 is 6.09 Å². The van der Waals surface area contributed by atoms with Crippen LogP contribution in [-0.4, -0.2) is 45.0 Å². The quantitative estimate of drug-likeness (QED) is 0.308. The average Bonchev–Trinajstić information content (AvgIpc) is 2.85. The zero-order valence-corrected chi connectivity index (χ0v) is 18.9. The third-order valence-electron chi connectivity index (χ3n) is 4.97. The lowest BCUT2D eigenvalue weighted by molar-refractivity contribution is -0.384. The van der Waals surface area contributed by atoms with Gasteiger partial charge in [-0.3, -0.25) is 15.1 Å². The van der Waals surface area contributed by atoms with Crippen LogP contribution in [0.3, 0.4) is 0 Å². The van der Waals surface area contributed by atoms with Crippen LogP contribution < -0.4 is 10.1 Å². The smallest absolute Gasteiger partial charge is 0.407 e. The number of nitrogens with one attached hydrogen (secondary N) is 1. The maximum absolute atomic E-state index is 12.6. The molecule has 34 heavy (non-hydrogen) atoms. The van der Waals surface area contributed by atoms with Gasteiger partial charge in [-0.15, -0.1) is 0 Å². The van der Waals surface area contributed by atoms with Crippen LogP contribution in [0.5, 0.6) is 5.75 Å². The van der Waals surface area contributed by atoms with E-state index in [0.717, 1.165) is 0 Å². The van der Waals surface area contributed by atoms with Crippen LogP contribution in [0.4, 0.5) is 16.4 Å². The van der Waals surface area contributed by atoms with E-state index in [9.17, 15) is 14.9 Å². The van der Waals surface area contributed by atoms with Crippen molar-refractivity contribution in [2.75, 3.05) is 19.4 Å². The first kappa shape index (κ1) is 22.9. The molecule has 11 heteroatoms. The van der Waals surface area contributed by atoms with Crippen LogP contribution in [0, 0.1) is 10.1 Å². The van der Waals surface area contributed by atoms with E-state index in [1.807, 2.05) is 0 Å². The number of nitro benzene ring substituents is 1.